The third-order valence-corrected chi connectivity index (χ3v) is 9.88. The topological polar surface area (TPSA) is 48.5 Å². The van der Waals surface area contributed by atoms with Crippen LogP contribution in [0.1, 0.15) is 0 Å². The Hall–Kier alpha value is -6.59. The Balaban J connectivity index is 1.35. The first-order valence-corrected chi connectivity index (χ1v) is 16.2. The molecule has 0 unspecified atom stereocenters. The number of para-hydroxylation sites is 5. The van der Waals surface area contributed by atoms with E-state index in [1.807, 2.05) is 30.5 Å². The van der Waals surface area contributed by atoms with Gasteiger partial charge in [0.2, 0.25) is 0 Å². The summed E-state index contributed by atoms with van der Waals surface area (Å²) in [7, 11) is 0. The Bertz CT molecular complexity index is 2930. The van der Waals surface area contributed by atoms with Gasteiger partial charge < -0.3 is 4.57 Å². The molecule has 0 saturated carbocycles. The van der Waals surface area contributed by atoms with E-state index in [1.54, 1.807) is 0 Å². The Morgan fingerprint density at radius 3 is 1.85 bits per heavy atom. The highest BCUT2D eigenvalue weighted by molar-refractivity contribution is 6.30. The lowest BCUT2D eigenvalue weighted by Gasteiger charge is -2.12. The van der Waals surface area contributed by atoms with Gasteiger partial charge in [0, 0.05) is 44.4 Å². The van der Waals surface area contributed by atoms with Crippen LogP contribution in [0.2, 0.25) is 0 Å². The van der Waals surface area contributed by atoms with E-state index in [0.29, 0.717) is 0 Å². The van der Waals surface area contributed by atoms with Gasteiger partial charge in [-0.15, -0.1) is 0 Å². The van der Waals surface area contributed by atoms with Gasteiger partial charge in [-0.3, -0.25) is 4.57 Å². The molecule has 0 saturated heterocycles. The Kier molecular flexibility index (Phi) is 5.05. The monoisotopic (exact) mass is 611 g/mol. The normalized spacial score (nSPS) is 12.2. The van der Waals surface area contributed by atoms with Gasteiger partial charge in [0.05, 0.1) is 50.2 Å². The van der Waals surface area contributed by atoms with Gasteiger partial charge in [-0.05, 0) is 54.1 Å². The van der Waals surface area contributed by atoms with E-state index >= 15 is 0 Å². The van der Waals surface area contributed by atoms with Crippen LogP contribution in [-0.4, -0.2) is 24.1 Å². The first kappa shape index (κ1) is 25.6. The van der Waals surface area contributed by atoms with E-state index in [0.717, 1.165) is 83.6 Å². The van der Waals surface area contributed by atoms with Gasteiger partial charge in [0.25, 0.3) is 0 Å². The fraction of sp³-hybridized carbons (Fsp3) is 0. The highest BCUT2D eigenvalue weighted by Crippen LogP contribution is 2.50. The van der Waals surface area contributed by atoms with E-state index in [-0.39, 0.29) is 0 Å². The molecular formula is C43H25N5. The minimum atomic E-state index is 0.883. The fourth-order valence-electron chi connectivity index (χ4n) is 7.84. The SMILES string of the molecule is c1ccc(-c2ccc(-n3c4ccccc4c4cc5c6c(c7ccccc7n6-c6ccccc6-c6nc7ccccc7nc6-5)c43)nc2)cc1. The summed E-state index contributed by atoms with van der Waals surface area (Å²) in [4.78, 5) is 15.8. The van der Waals surface area contributed by atoms with Crippen LogP contribution in [0.15, 0.2) is 152 Å². The van der Waals surface area contributed by atoms with Crippen molar-refractivity contribution < 1.29 is 0 Å². The summed E-state index contributed by atoms with van der Waals surface area (Å²) in [6, 6.07) is 51.3. The Morgan fingerprint density at radius 2 is 1.08 bits per heavy atom. The lowest BCUT2D eigenvalue weighted by Crippen LogP contribution is -1.98. The van der Waals surface area contributed by atoms with Crippen molar-refractivity contribution in [3.63, 3.8) is 0 Å². The molecule has 0 spiro atoms. The molecule has 5 heteroatoms. The van der Waals surface area contributed by atoms with E-state index in [9.17, 15) is 0 Å². The van der Waals surface area contributed by atoms with Crippen molar-refractivity contribution in [1.82, 2.24) is 24.1 Å². The Morgan fingerprint density at radius 1 is 0.438 bits per heavy atom. The van der Waals surface area contributed by atoms with Gasteiger partial charge in [-0.1, -0.05) is 97.1 Å². The average Bonchev–Trinajstić information content (AvgIpc) is 3.64. The zero-order chi connectivity index (χ0) is 31.3. The zero-order valence-electron chi connectivity index (χ0n) is 25.7. The van der Waals surface area contributed by atoms with Crippen LogP contribution in [0.5, 0.6) is 0 Å². The molecule has 0 fully saturated rings. The summed E-state index contributed by atoms with van der Waals surface area (Å²) < 4.78 is 4.77. The van der Waals surface area contributed by atoms with Crippen molar-refractivity contribution in [3.8, 4) is 45.1 Å². The number of aromatic nitrogens is 5. The summed E-state index contributed by atoms with van der Waals surface area (Å²) in [6.45, 7) is 0. The van der Waals surface area contributed by atoms with Gasteiger partial charge in [0.1, 0.15) is 5.82 Å². The molecular weight excluding hydrogens is 587 g/mol. The smallest absolute Gasteiger partial charge is 0.137 e. The highest BCUT2D eigenvalue weighted by Gasteiger charge is 2.30. The van der Waals surface area contributed by atoms with Crippen LogP contribution in [0, 0.1) is 0 Å². The summed E-state index contributed by atoms with van der Waals surface area (Å²) in [5.74, 6) is 0.883. The van der Waals surface area contributed by atoms with Gasteiger partial charge >= 0.3 is 0 Å². The molecule has 10 aromatic rings. The standard InChI is InChI=1S/C43H25N5/c1-2-12-26(13-3-1)27-22-23-38(44-25-27)48-35-19-9-4-14-28(35)31-24-32-41-40(45-33-17-7-8-18-34(33)46-41)30-16-6-11-21-37(30)47-36-20-10-5-15-29(36)39(42(31)48)43(32)47/h1-25H. The summed E-state index contributed by atoms with van der Waals surface area (Å²) in [5, 5.41) is 4.71. The molecule has 11 rings (SSSR count). The number of pyridine rings is 1. The van der Waals surface area contributed by atoms with Gasteiger partial charge in [-0.25, -0.2) is 15.0 Å². The molecule has 6 aromatic carbocycles. The van der Waals surface area contributed by atoms with Crippen LogP contribution in [0.4, 0.5) is 0 Å². The van der Waals surface area contributed by atoms with Crippen molar-refractivity contribution in [1.29, 1.82) is 0 Å². The number of nitrogens with zero attached hydrogens (tertiary/aromatic N) is 5. The van der Waals surface area contributed by atoms with Crippen molar-refractivity contribution in [2.75, 3.05) is 0 Å². The molecule has 1 aliphatic heterocycles. The lowest BCUT2D eigenvalue weighted by molar-refractivity contribution is 1.08. The summed E-state index contributed by atoms with van der Waals surface area (Å²) in [5.41, 5.74) is 13.6. The molecule has 0 amide bonds. The van der Waals surface area contributed by atoms with Crippen LogP contribution >= 0.6 is 0 Å². The molecule has 0 aliphatic carbocycles. The number of benzene rings is 6. The van der Waals surface area contributed by atoms with Crippen molar-refractivity contribution >= 4 is 54.6 Å². The second-order valence-electron chi connectivity index (χ2n) is 12.4. The van der Waals surface area contributed by atoms with Crippen LogP contribution < -0.4 is 0 Å². The van der Waals surface area contributed by atoms with Crippen LogP contribution in [0.25, 0.3) is 99.8 Å². The van der Waals surface area contributed by atoms with Crippen molar-refractivity contribution in [3.05, 3.63) is 152 Å². The fourth-order valence-corrected chi connectivity index (χ4v) is 7.84. The van der Waals surface area contributed by atoms with Gasteiger partial charge in [0.15, 0.2) is 0 Å². The van der Waals surface area contributed by atoms with E-state index in [1.165, 1.54) is 16.2 Å². The molecule has 222 valence electrons. The lowest BCUT2D eigenvalue weighted by atomic mass is 9.98. The number of fused-ring (bicyclic) bond motifs is 13. The maximum atomic E-state index is 5.36. The Labute approximate surface area is 275 Å². The predicted octanol–water partition coefficient (Wildman–Crippen LogP) is 10.5. The molecule has 0 atom stereocenters. The molecule has 0 radical (unpaired) electrons. The largest absolute Gasteiger partial charge is 0.308 e. The second-order valence-corrected chi connectivity index (χ2v) is 12.4. The summed E-state index contributed by atoms with van der Waals surface area (Å²) >= 11 is 0. The van der Waals surface area contributed by atoms with E-state index in [4.69, 9.17) is 15.0 Å². The van der Waals surface area contributed by atoms with Crippen LogP contribution in [0.3, 0.4) is 0 Å². The average molecular weight is 612 g/mol. The third-order valence-electron chi connectivity index (χ3n) is 9.88. The first-order chi connectivity index (χ1) is 23.8. The first-order valence-electron chi connectivity index (χ1n) is 16.2. The number of rotatable bonds is 2. The summed E-state index contributed by atoms with van der Waals surface area (Å²) in [6.07, 6.45) is 1.99. The van der Waals surface area contributed by atoms with Gasteiger partial charge in [-0.2, -0.15) is 0 Å². The third kappa shape index (κ3) is 3.37. The highest BCUT2D eigenvalue weighted by atomic mass is 15.1. The maximum Gasteiger partial charge on any atom is 0.137 e. The molecule has 0 bridgehead atoms. The molecule has 4 aromatic heterocycles. The maximum absolute atomic E-state index is 5.36. The molecule has 48 heavy (non-hydrogen) atoms. The molecule has 5 nitrogen and oxygen atoms in total. The van der Waals surface area contributed by atoms with E-state index in [2.05, 4.69) is 130 Å². The molecule has 0 N–H and O–H groups in total. The van der Waals surface area contributed by atoms with E-state index < -0.39 is 0 Å². The molecule has 1 aliphatic rings. The zero-order valence-corrected chi connectivity index (χ0v) is 25.7. The predicted molar refractivity (Wildman–Crippen MR) is 196 cm³/mol. The number of hydrogen-bond acceptors (Lipinski definition) is 3. The number of hydrogen-bond donors (Lipinski definition) is 0. The second kappa shape index (κ2) is 9.47. The minimum Gasteiger partial charge on any atom is -0.308 e. The van der Waals surface area contributed by atoms with Crippen molar-refractivity contribution in [2.24, 2.45) is 0 Å². The van der Waals surface area contributed by atoms with Crippen molar-refractivity contribution in [2.45, 2.75) is 0 Å². The molecule has 5 heterocycles. The van der Waals surface area contributed by atoms with Crippen LogP contribution in [-0.2, 0) is 0 Å². The quantitative estimate of drug-likeness (QED) is 0.195. The minimum absolute atomic E-state index is 0.883.